The number of carbonyl (C=O) groups excluding carboxylic acids is 1. The van der Waals surface area contributed by atoms with Gasteiger partial charge in [-0.1, -0.05) is 0 Å². The predicted octanol–water partition coefficient (Wildman–Crippen LogP) is 4.66. The van der Waals surface area contributed by atoms with Crippen LogP contribution in [0.15, 0.2) is 53.3 Å². The number of hydrogen-bond acceptors (Lipinski definition) is 4. The Morgan fingerprint density at radius 1 is 1.22 bits per heavy atom. The summed E-state index contributed by atoms with van der Waals surface area (Å²) in [6.45, 7) is 6.08. The van der Waals surface area contributed by atoms with Crippen molar-refractivity contribution in [2.24, 2.45) is 0 Å². The van der Waals surface area contributed by atoms with E-state index < -0.39 is 0 Å². The second kappa shape index (κ2) is 7.04. The third kappa shape index (κ3) is 3.28. The van der Waals surface area contributed by atoms with Crippen LogP contribution in [0.4, 0.5) is 0 Å². The molecule has 138 valence electrons. The molecule has 0 saturated carbocycles. The summed E-state index contributed by atoms with van der Waals surface area (Å²) in [6, 6.07) is 11.8. The first-order chi connectivity index (χ1) is 13.0. The normalized spacial score (nSPS) is 12.4. The van der Waals surface area contributed by atoms with Gasteiger partial charge in [-0.3, -0.25) is 4.79 Å². The van der Waals surface area contributed by atoms with Gasteiger partial charge in [0.2, 0.25) is 0 Å². The number of furan rings is 1. The Morgan fingerprint density at radius 3 is 2.70 bits per heavy atom. The molecule has 1 N–H and O–H groups in total. The van der Waals surface area contributed by atoms with Gasteiger partial charge in [-0.05, 0) is 57.2 Å². The summed E-state index contributed by atoms with van der Waals surface area (Å²) < 4.78 is 7.52. The third-order valence-electron chi connectivity index (χ3n) is 4.61. The van der Waals surface area contributed by atoms with Gasteiger partial charge in [0.15, 0.2) is 0 Å². The van der Waals surface area contributed by atoms with Crippen LogP contribution in [0.25, 0.3) is 15.9 Å². The van der Waals surface area contributed by atoms with Gasteiger partial charge < -0.3 is 14.3 Å². The van der Waals surface area contributed by atoms with Gasteiger partial charge in [0.25, 0.3) is 5.91 Å². The van der Waals surface area contributed by atoms with E-state index in [4.69, 9.17) is 4.42 Å². The van der Waals surface area contributed by atoms with E-state index >= 15 is 0 Å². The van der Waals surface area contributed by atoms with Crippen molar-refractivity contribution in [1.82, 2.24) is 14.9 Å². The number of amides is 1. The lowest BCUT2D eigenvalue weighted by Crippen LogP contribution is -2.34. The lowest BCUT2D eigenvalue weighted by atomic mass is 10.2. The van der Waals surface area contributed by atoms with Gasteiger partial charge in [0.05, 0.1) is 12.0 Å². The molecule has 0 fully saturated rings. The fourth-order valence-corrected chi connectivity index (χ4v) is 4.42. The number of nitrogens with one attached hydrogen (secondary N) is 1. The molecule has 0 radical (unpaired) electrons. The van der Waals surface area contributed by atoms with Gasteiger partial charge in [0, 0.05) is 35.4 Å². The topological polar surface area (TPSA) is 60.1 Å². The zero-order valence-corrected chi connectivity index (χ0v) is 16.3. The van der Waals surface area contributed by atoms with Crippen LogP contribution in [0, 0.1) is 13.8 Å². The van der Waals surface area contributed by atoms with Crippen molar-refractivity contribution < 1.29 is 9.21 Å². The first kappa shape index (κ1) is 17.5. The number of aryl methyl sites for hydroxylation is 2. The number of aromatic nitrogens is 2. The van der Waals surface area contributed by atoms with E-state index in [-0.39, 0.29) is 11.9 Å². The minimum atomic E-state index is -0.0837. The molecule has 0 aliphatic heterocycles. The smallest absolute Gasteiger partial charge is 0.263 e. The molecule has 0 unspecified atom stereocenters. The Bertz CT molecular complexity index is 1070. The molecule has 4 aromatic rings. The third-order valence-corrected chi connectivity index (χ3v) is 5.71. The van der Waals surface area contributed by atoms with Crippen molar-refractivity contribution in [1.29, 1.82) is 0 Å². The molecule has 0 spiro atoms. The summed E-state index contributed by atoms with van der Waals surface area (Å²) in [5.41, 5.74) is 3.09. The van der Waals surface area contributed by atoms with Crippen molar-refractivity contribution in [2.45, 2.75) is 33.2 Å². The summed E-state index contributed by atoms with van der Waals surface area (Å²) >= 11 is 1.43. The molecule has 1 atom stereocenters. The number of fused-ring (bicyclic) bond motifs is 1. The molecule has 0 aliphatic carbocycles. The predicted molar refractivity (Wildman–Crippen MR) is 108 cm³/mol. The molecule has 0 saturated heterocycles. The van der Waals surface area contributed by atoms with E-state index in [0.717, 1.165) is 33.1 Å². The highest BCUT2D eigenvalue weighted by molar-refractivity contribution is 7.21. The van der Waals surface area contributed by atoms with Gasteiger partial charge in [-0.2, -0.15) is 0 Å². The van der Waals surface area contributed by atoms with E-state index in [0.29, 0.717) is 11.3 Å². The Hall–Kier alpha value is -2.86. The van der Waals surface area contributed by atoms with Crippen LogP contribution in [-0.4, -0.2) is 21.5 Å². The number of rotatable bonds is 5. The van der Waals surface area contributed by atoms with E-state index in [1.165, 1.54) is 11.3 Å². The van der Waals surface area contributed by atoms with Gasteiger partial charge in [-0.25, -0.2) is 4.98 Å². The second-order valence-electron chi connectivity index (χ2n) is 6.75. The minimum Gasteiger partial charge on any atom is -0.469 e. The van der Waals surface area contributed by atoms with Crippen molar-refractivity contribution in [3.8, 4) is 5.69 Å². The van der Waals surface area contributed by atoms with Gasteiger partial charge >= 0.3 is 0 Å². The molecule has 1 amide bonds. The van der Waals surface area contributed by atoms with Crippen LogP contribution in [-0.2, 0) is 6.42 Å². The number of pyridine rings is 1. The highest BCUT2D eigenvalue weighted by Crippen LogP contribution is 2.35. The molecule has 4 aromatic heterocycles. The highest BCUT2D eigenvalue weighted by Gasteiger charge is 2.23. The van der Waals surface area contributed by atoms with Crippen LogP contribution in [0.5, 0.6) is 0 Å². The molecule has 27 heavy (non-hydrogen) atoms. The van der Waals surface area contributed by atoms with E-state index in [1.807, 2.05) is 45.0 Å². The first-order valence-electron chi connectivity index (χ1n) is 8.90. The van der Waals surface area contributed by atoms with Crippen LogP contribution >= 0.6 is 11.3 Å². The zero-order chi connectivity index (χ0) is 19.0. The molecule has 4 heterocycles. The maximum atomic E-state index is 13.1. The van der Waals surface area contributed by atoms with Crippen molar-refractivity contribution in [3.63, 3.8) is 0 Å². The van der Waals surface area contributed by atoms with Gasteiger partial charge in [0.1, 0.15) is 15.5 Å². The lowest BCUT2D eigenvalue weighted by molar-refractivity contribution is 0.0943. The summed E-state index contributed by atoms with van der Waals surface area (Å²) in [4.78, 5) is 19.1. The second-order valence-corrected chi connectivity index (χ2v) is 7.74. The molecule has 0 aliphatic rings. The van der Waals surface area contributed by atoms with Crippen LogP contribution < -0.4 is 5.32 Å². The highest BCUT2D eigenvalue weighted by atomic mass is 32.1. The Kier molecular flexibility index (Phi) is 4.58. The summed E-state index contributed by atoms with van der Waals surface area (Å²) in [5, 5.41) is 4.10. The molecule has 5 nitrogen and oxygen atoms in total. The van der Waals surface area contributed by atoms with Crippen LogP contribution in [0.3, 0.4) is 0 Å². The SMILES string of the molecule is Cc1ccc(C)n1-c1c(C(=O)N[C@@H](C)Cc2ccco2)sc2ncccc12. The fourth-order valence-electron chi connectivity index (χ4n) is 3.39. The average Bonchev–Trinajstić information content (AvgIpc) is 3.35. The average molecular weight is 379 g/mol. The molecular weight excluding hydrogens is 358 g/mol. The van der Waals surface area contributed by atoms with E-state index in [9.17, 15) is 4.79 Å². The number of nitrogens with zero attached hydrogens (tertiary/aromatic N) is 2. The molecule has 0 bridgehead atoms. The Morgan fingerprint density at radius 2 is 2.00 bits per heavy atom. The van der Waals surface area contributed by atoms with Crippen LogP contribution in [0.1, 0.15) is 33.7 Å². The standard InChI is InChI=1S/C21H21N3O2S/c1-13(12-16-6-5-11-26-16)23-20(25)19-18(24-14(2)8-9-15(24)3)17-7-4-10-22-21(17)27-19/h4-11,13H,12H2,1-3H3,(H,23,25)/t13-/m0/s1. The van der Waals surface area contributed by atoms with Crippen molar-refractivity contribution >= 4 is 27.5 Å². The minimum absolute atomic E-state index is 0.0403. The van der Waals surface area contributed by atoms with Crippen molar-refractivity contribution in [2.75, 3.05) is 0 Å². The Balaban J connectivity index is 1.73. The number of carbonyl (C=O) groups is 1. The molecule has 0 aromatic carbocycles. The van der Waals surface area contributed by atoms with E-state index in [1.54, 1.807) is 12.5 Å². The summed E-state index contributed by atoms with van der Waals surface area (Å²) in [7, 11) is 0. The maximum absolute atomic E-state index is 13.1. The monoisotopic (exact) mass is 379 g/mol. The number of hydrogen-bond donors (Lipinski definition) is 1. The molecule has 4 rings (SSSR count). The van der Waals surface area contributed by atoms with E-state index in [2.05, 4.69) is 27.0 Å². The summed E-state index contributed by atoms with van der Waals surface area (Å²) in [5.74, 6) is 0.776. The van der Waals surface area contributed by atoms with Gasteiger partial charge in [-0.15, -0.1) is 11.3 Å². The number of thiophene rings is 1. The fraction of sp³-hybridized carbons (Fsp3) is 0.238. The molecule has 6 heteroatoms. The molecular formula is C21H21N3O2S. The first-order valence-corrected chi connectivity index (χ1v) is 9.72. The Labute approximate surface area is 161 Å². The van der Waals surface area contributed by atoms with Crippen LogP contribution in [0.2, 0.25) is 0 Å². The van der Waals surface area contributed by atoms with Crippen molar-refractivity contribution in [3.05, 3.63) is 70.9 Å². The zero-order valence-electron chi connectivity index (χ0n) is 15.5. The maximum Gasteiger partial charge on any atom is 0.263 e. The lowest BCUT2D eigenvalue weighted by Gasteiger charge is -2.15. The summed E-state index contributed by atoms with van der Waals surface area (Å²) in [6.07, 6.45) is 4.06. The largest absolute Gasteiger partial charge is 0.469 e. The quantitative estimate of drug-likeness (QED) is 0.549.